The van der Waals surface area contributed by atoms with Crippen molar-refractivity contribution in [2.75, 3.05) is 26.2 Å². The third-order valence-electron chi connectivity index (χ3n) is 9.82. The molecule has 1 aromatic heterocycles. The topological polar surface area (TPSA) is 188 Å². The summed E-state index contributed by atoms with van der Waals surface area (Å²) in [6.45, 7) is 9.97. The Morgan fingerprint density at radius 2 is 1.66 bits per heavy atom. The van der Waals surface area contributed by atoms with Gasteiger partial charge in [-0.05, 0) is 60.6 Å². The van der Waals surface area contributed by atoms with Crippen LogP contribution in [0.3, 0.4) is 0 Å². The number of rotatable bonds is 18. The minimum absolute atomic E-state index is 0.00832. The van der Waals surface area contributed by atoms with Crippen molar-refractivity contribution in [3.63, 3.8) is 0 Å². The molecule has 14 nitrogen and oxygen atoms in total. The second-order valence-electron chi connectivity index (χ2n) is 14.0. The van der Waals surface area contributed by atoms with Gasteiger partial charge >= 0.3 is 6.03 Å². The van der Waals surface area contributed by atoms with E-state index in [4.69, 9.17) is 10.4 Å². The van der Waals surface area contributed by atoms with Gasteiger partial charge in [0.1, 0.15) is 5.54 Å². The first kappa shape index (κ1) is 40.9. The van der Waals surface area contributed by atoms with E-state index in [9.17, 15) is 23.1 Å². The second-order valence-corrected chi connectivity index (χ2v) is 15.9. The number of aromatic nitrogens is 1. The van der Waals surface area contributed by atoms with Gasteiger partial charge in [0, 0.05) is 26.2 Å². The van der Waals surface area contributed by atoms with Crippen molar-refractivity contribution in [1.29, 1.82) is 0 Å². The van der Waals surface area contributed by atoms with Gasteiger partial charge in [-0.25, -0.2) is 18.2 Å². The van der Waals surface area contributed by atoms with Crippen molar-refractivity contribution in [3.8, 4) is 0 Å². The summed E-state index contributed by atoms with van der Waals surface area (Å²) in [5.41, 5.74) is 1.04. The van der Waals surface area contributed by atoms with Gasteiger partial charge < -0.3 is 30.6 Å². The molecular formula is C38H51N7O7S. The smallest absolute Gasteiger partial charge is 0.321 e. The zero-order valence-electron chi connectivity index (χ0n) is 30.9. The molecule has 4 atom stereocenters. The van der Waals surface area contributed by atoms with Crippen molar-refractivity contribution in [3.05, 3.63) is 95.3 Å². The number of pyridine rings is 1. The molecule has 0 spiro atoms. The summed E-state index contributed by atoms with van der Waals surface area (Å²) < 4.78 is 29.1. The largest absolute Gasteiger partial charge is 0.411 e. The van der Waals surface area contributed by atoms with Crippen LogP contribution in [-0.4, -0.2) is 111 Å². The molecule has 3 aromatic rings. The number of benzene rings is 2. The average molecular weight is 750 g/mol. The molecule has 15 heteroatoms. The zero-order chi connectivity index (χ0) is 38.8. The lowest BCUT2D eigenvalue weighted by atomic mass is 9.82. The van der Waals surface area contributed by atoms with Gasteiger partial charge in [-0.3, -0.25) is 4.79 Å². The molecule has 1 fully saturated rings. The van der Waals surface area contributed by atoms with Crippen LogP contribution < -0.4 is 5.32 Å². The number of aliphatic hydroxyl groups excluding tert-OH is 1. The molecule has 1 saturated heterocycles. The van der Waals surface area contributed by atoms with Crippen LogP contribution in [0.15, 0.2) is 88.0 Å². The fourth-order valence-corrected chi connectivity index (χ4v) is 8.13. The molecule has 2 aromatic carbocycles. The number of aliphatic hydroxyl groups is 1. The molecule has 0 saturated carbocycles. The standard InChI is InChI=1S/C38H51N7O7S/c1-6-28(4)38(5,45-20-19-43(37(45)48)25-32-14-10-13-31(41-32)23-40-50)36(47)42-34(21-29-11-8-7-9-12-29)35(46)26-44(24-27(2)3)53(51,52)33-17-15-30(16-18-33)22-39-49/h7-18,22-23,27-28,34-35,46,49-50H,6,19-21,24-26H2,1-5H3,(H,42,47)/b39-22+,40-23-/t28?,34-,35+,38?/m0/s1. The van der Waals surface area contributed by atoms with Crippen LogP contribution in [0.25, 0.3) is 0 Å². The van der Waals surface area contributed by atoms with E-state index in [1.165, 1.54) is 41.0 Å². The fraction of sp³-hybridized carbons (Fsp3) is 0.447. The normalized spacial score (nSPS) is 16.8. The number of hydrogen-bond acceptors (Lipinski definition) is 10. The molecule has 0 aliphatic carbocycles. The Labute approximate surface area is 311 Å². The van der Waals surface area contributed by atoms with Crippen LogP contribution in [0.2, 0.25) is 0 Å². The summed E-state index contributed by atoms with van der Waals surface area (Å²) in [5, 5.41) is 38.8. The van der Waals surface area contributed by atoms with Gasteiger partial charge in [-0.2, -0.15) is 4.31 Å². The number of nitrogens with one attached hydrogen (secondary N) is 1. The molecule has 286 valence electrons. The van der Waals surface area contributed by atoms with Crippen LogP contribution in [0.5, 0.6) is 0 Å². The number of urea groups is 1. The molecule has 2 heterocycles. The minimum Gasteiger partial charge on any atom is -0.411 e. The third-order valence-corrected chi connectivity index (χ3v) is 11.7. The summed E-state index contributed by atoms with van der Waals surface area (Å²) in [5.74, 6) is -0.834. The first-order valence-corrected chi connectivity index (χ1v) is 19.2. The van der Waals surface area contributed by atoms with Gasteiger partial charge in [-0.1, -0.05) is 93.0 Å². The highest BCUT2D eigenvalue weighted by Gasteiger charge is 2.50. The maximum atomic E-state index is 14.6. The maximum Gasteiger partial charge on any atom is 0.321 e. The van der Waals surface area contributed by atoms with E-state index >= 15 is 0 Å². The summed E-state index contributed by atoms with van der Waals surface area (Å²) in [4.78, 5) is 36.2. The average Bonchev–Trinajstić information content (AvgIpc) is 3.50. The fourth-order valence-electron chi connectivity index (χ4n) is 6.50. The molecule has 1 aliphatic rings. The molecule has 2 unspecified atom stereocenters. The van der Waals surface area contributed by atoms with E-state index in [2.05, 4.69) is 20.6 Å². The lowest BCUT2D eigenvalue weighted by Crippen LogP contribution is -2.64. The Morgan fingerprint density at radius 3 is 2.28 bits per heavy atom. The van der Waals surface area contributed by atoms with E-state index in [1.807, 2.05) is 58.0 Å². The van der Waals surface area contributed by atoms with Crippen molar-refractivity contribution < 1.29 is 33.5 Å². The Morgan fingerprint density at radius 1 is 0.981 bits per heavy atom. The van der Waals surface area contributed by atoms with E-state index in [1.54, 1.807) is 34.9 Å². The van der Waals surface area contributed by atoms with Gasteiger partial charge in [0.25, 0.3) is 0 Å². The summed E-state index contributed by atoms with van der Waals surface area (Å²) >= 11 is 0. The predicted octanol–water partition coefficient (Wildman–Crippen LogP) is 4.18. The quantitative estimate of drug-likeness (QED) is 0.0847. The molecule has 4 N–H and O–H groups in total. The van der Waals surface area contributed by atoms with Crippen LogP contribution >= 0.6 is 0 Å². The number of oxime groups is 2. The molecular weight excluding hydrogens is 699 g/mol. The number of nitrogens with zero attached hydrogens (tertiary/aromatic N) is 6. The van der Waals surface area contributed by atoms with E-state index in [0.29, 0.717) is 29.9 Å². The van der Waals surface area contributed by atoms with Crippen molar-refractivity contribution in [2.24, 2.45) is 22.1 Å². The Bertz CT molecular complexity index is 1840. The molecule has 4 rings (SSSR count). The van der Waals surface area contributed by atoms with E-state index in [0.717, 1.165) is 5.56 Å². The highest BCUT2D eigenvalue weighted by atomic mass is 32.2. The number of amides is 3. The first-order valence-electron chi connectivity index (χ1n) is 17.7. The second kappa shape index (κ2) is 18.3. The number of carbonyl (C=O) groups excluding carboxylic acids is 2. The van der Waals surface area contributed by atoms with Gasteiger partial charge in [0.05, 0.1) is 47.4 Å². The number of carbonyl (C=O) groups is 2. The molecule has 0 radical (unpaired) electrons. The Kier molecular flexibility index (Phi) is 14.1. The number of hydrogen-bond donors (Lipinski definition) is 4. The highest BCUT2D eigenvalue weighted by molar-refractivity contribution is 7.89. The van der Waals surface area contributed by atoms with Crippen LogP contribution in [0, 0.1) is 11.8 Å². The number of sulfonamides is 1. The van der Waals surface area contributed by atoms with Gasteiger partial charge in [0.15, 0.2) is 0 Å². The van der Waals surface area contributed by atoms with Crippen molar-refractivity contribution in [2.45, 2.75) is 76.6 Å². The third kappa shape index (κ3) is 9.97. The molecule has 1 aliphatic heterocycles. The SMILES string of the molecule is CCC(C)C(C)(C(=O)N[C@@H](Cc1ccccc1)[C@H](O)CN(CC(C)C)S(=O)(=O)c1ccc(/C=N/O)cc1)N1CCN(Cc2cccc(/C=N\O)n2)C1=O. The Hall–Kier alpha value is -4.86. The first-order chi connectivity index (χ1) is 25.2. The van der Waals surface area contributed by atoms with E-state index in [-0.39, 0.29) is 55.4 Å². The van der Waals surface area contributed by atoms with Gasteiger partial charge in [-0.15, -0.1) is 0 Å². The highest BCUT2D eigenvalue weighted by Crippen LogP contribution is 2.32. The van der Waals surface area contributed by atoms with Crippen LogP contribution in [0.4, 0.5) is 4.79 Å². The summed E-state index contributed by atoms with van der Waals surface area (Å²) in [7, 11) is -4.09. The van der Waals surface area contributed by atoms with Crippen molar-refractivity contribution >= 4 is 34.4 Å². The van der Waals surface area contributed by atoms with Gasteiger partial charge in [0.2, 0.25) is 15.9 Å². The molecule has 0 bridgehead atoms. The molecule has 53 heavy (non-hydrogen) atoms. The lowest BCUT2D eigenvalue weighted by molar-refractivity contribution is -0.135. The summed E-state index contributed by atoms with van der Waals surface area (Å²) in [6, 6.07) is 19.1. The molecule has 3 amide bonds. The zero-order valence-corrected chi connectivity index (χ0v) is 31.7. The predicted molar refractivity (Wildman–Crippen MR) is 201 cm³/mol. The van der Waals surface area contributed by atoms with Crippen molar-refractivity contribution in [1.82, 2.24) is 24.4 Å². The maximum absolute atomic E-state index is 14.6. The van der Waals surface area contributed by atoms with Crippen LogP contribution in [0.1, 0.15) is 63.6 Å². The summed E-state index contributed by atoms with van der Waals surface area (Å²) in [6.07, 6.45) is 1.84. The monoisotopic (exact) mass is 749 g/mol. The van der Waals surface area contributed by atoms with E-state index < -0.39 is 33.6 Å². The van der Waals surface area contributed by atoms with Crippen LogP contribution in [-0.2, 0) is 27.8 Å². The lowest BCUT2D eigenvalue weighted by Gasteiger charge is -2.43. The minimum atomic E-state index is -4.09. The Balaban J connectivity index is 1.63.